The summed E-state index contributed by atoms with van der Waals surface area (Å²) >= 11 is 0. The first-order valence-electron chi connectivity index (χ1n) is 6.58. The van der Waals surface area contributed by atoms with E-state index < -0.39 is 16.0 Å². The summed E-state index contributed by atoms with van der Waals surface area (Å²) in [6, 6.07) is 6.54. The first kappa shape index (κ1) is 15.5. The summed E-state index contributed by atoms with van der Waals surface area (Å²) in [5.41, 5.74) is 1.01. The third-order valence-corrected chi connectivity index (χ3v) is 4.36. The molecule has 1 aromatic carbocycles. The predicted molar refractivity (Wildman–Crippen MR) is 79.5 cm³/mol. The van der Waals surface area contributed by atoms with Gasteiger partial charge in [0.1, 0.15) is 0 Å². The van der Waals surface area contributed by atoms with Crippen molar-refractivity contribution in [1.82, 2.24) is 0 Å². The number of sulfonamides is 1. The number of carboxylic acid groups (broad SMARTS) is 1. The van der Waals surface area contributed by atoms with Gasteiger partial charge in [0.05, 0.1) is 11.9 Å². The minimum Gasteiger partial charge on any atom is -0.478 e. The smallest absolute Gasteiger partial charge is 0.328 e. The number of hydrogen-bond donors (Lipinski definition) is 2. The van der Waals surface area contributed by atoms with E-state index in [1.54, 1.807) is 24.3 Å². The Morgan fingerprint density at radius 1 is 1.48 bits per heavy atom. The van der Waals surface area contributed by atoms with Crippen molar-refractivity contribution in [2.24, 2.45) is 0 Å². The highest BCUT2D eigenvalue weighted by molar-refractivity contribution is 7.92. The van der Waals surface area contributed by atoms with Crippen LogP contribution in [0.5, 0.6) is 0 Å². The van der Waals surface area contributed by atoms with Gasteiger partial charge in [-0.1, -0.05) is 12.1 Å². The molecule has 7 heteroatoms. The maximum atomic E-state index is 12.0. The zero-order valence-electron chi connectivity index (χ0n) is 11.4. The Morgan fingerprint density at radius 2 is 2.29 bits per heavy atom. The molecular formula is C14H17NO5S. The van der Waals surface area contributed by atoms with Crippen molar-refractivity contribution in [3.8, 4) is 0 Å². The highest BCUT2D eigenvalue weighted by atomic mass is 32.2. The SMILES string of the molecule is O=C(O)/C=C/c1cccc(NS(=O)(=O)CC2CCCO2)c1. The van der Waals surface area contributed by atoms with Crippen LogP contribution in [0.3, 0.4) is 0 Å². The van der Waals surface area contributed by atoms with Gasteiger partial charge in [-0.05, 0) is 36.6 Å². The quantitative estimate of drug-likeness (QED) is 0.780. The third kappa shape index (κ3) is 5.20. The molecule has 1 aromatic rings. The maximum Gasteiger partial charge on any atom is 0.328 e. The molecule has 114 valence electrons. The molecule has 1 unspecified atom stereocenters. The van der Waals surface area contributed by atoms with Crippen molar-refractivity contribution < 1.29 is 23.1 Å². The summed E-state index contributed by atoms with van der Waals surface area (Å²) in [6.45, 7) is 0.607. The summed E-state index contributed by atoms with van der Waals surface area (Å²) < 4.78 is 31.9. The second-order valence-corrected chi connectivity index (χ2v) is 6.58. The van der Waals surface area contributed by atoms with Gasteiger partial charge in [0.25, 0.3) is 0 Å². The standard InChI is InChI=1S/C14H17NO5S/c16-14(17)7-6-11-3-1-4-12(9-11)15-21(18,19)10-13-5-2-8-20-13/h1,3-4,6-7,9,13,15H,2,5,8,10H2,(H,16,17)/b7-6+. The molecule has 1 saturated heterocycles. The van der Waals surface area contributed by atoms with E-state index in [9.17, 15) is 13.2 Å². The molecule has 6 nitrogen and oxygen atoms in total. The van der Waals surface area contributed by atoms with E-state index in [0.29, 0.717) is 17.9 Å². The molecule has 21 heavy (non-hydrogen) atoms. The molecule has 2 rings (SSSR count). The molecule has 0 aliphatic carbocycles. The topological polar surface area (TPSA) is 92.7 Å². The number of benzene rings is 1. The van der Waals surface area contributed by atoms with Crippen LogP contribution in [0, 0.1) is 0 Å². The van der Waals surface area contributed by atoms with Crippen molar-refractivity contribution in [3.05, 3.63) is 35.9 Å². The molecule has 1 aliphatic rings. The van der Waals surface area contributed by atoms with Gasteiger partial charge in [0.15, 0.2) is 0 Å². The molecular weight excluding hydrogens is 294 g/mol. The number of rotatable bonds is 6. The fourth-order valence-electron chi connectivity index (χ4n) is 2.12. The number of hydrogen-bond acceptors (Lipinski definition) is 4. The molecule has 0 amide bonds. The molecule has 1 atom stereocenters. The summed E-state index contributed by atoms with van der Waals surface area (Å²) in [5, 5.41) is 8.58. The van der Waals surface area contributed by atoms with Gasteiger partial charge >= 0.3 is 5.97 Å². The van der Waals surface area contributed by atoms with Crippen molar-refractivity contribution >= 4 is 27.8 Å². The van der Waals surface area contributed by atoms with Gasteiger partial charge in [-0.2, -0.15) is 0 Å². The normalized spacial score (nSPS) is 19.0. The zero-order valence-corrected chi connectivity index (χ0v) is 12.2. The average Bonchev–Trinajstić information content (AvgIpc) is 2.88. The van der Waals surface area contributed by atoms with Crippen LogP contribution in [0.15, 0.2) is 30.3 Å². The first-order chi connectivity index (χ1) is 9.94. The molecule has 0 aromatic heterocycles. The average molecular weight is 311 g/mol. The molecule has 0 saturated carbocycles. The van der Waals surface area contributed by atoms with Crippen LogP contribution >= 0.6 is 0 Å². The Kier molecular flexibility index (Phi) is 4.98. The number of aliphatic carboxylic acids is 1. The van der Waals surface area contributed by atoms with Crippen LogP contribution in [0.25, 0.3) is 6.08 Å². The Morgan fingerprint density at radius 3 is 2.95 bits per heavy atom. The Hall–Kier alpha value is -1.86. The number of carboxylic acids is 1. The molecule has 1 heterocycles. The van der Waals surface area contributed by atoms with E-state index in [4.69, 9.17) is 9.84 Å². The van der Waals surface area contributed by atoms with E-state index in [-0.39, 0.29) is 11.9 Å². The van der Waals surface area contributed by atoms with Crippen LogP contribution in [0.1, 0.15) is 18.4 Å². The van der Waals surface area contributed by atoms with Crippen LogP contribution in [0.2, 0.25) is 0 Å². The lowest BCUT2D eigenvalue weighted by molar-refractivity contribution is -0.131. The summed E-state index contributed by atoms with van der Waals surface area (Å²) in [6.07, 6.45) is 3.79. The minimum absolute atomic E-state index is 0.0673. The summed E-state index contributed by atoms with van der Waals surface area (Å²) in [4.78, 5) is 10.5. The Balaban J connectivity index is 2.04. The molecule has 0 radical (unpaired) electrons. The third-order valence-electron chi connectivity index (χ3n) is 3.01. The predicted octanol–water partition coefficient (Wildman–Crippen LogP) is 1.71. The van der Waals surface area contributed by atoms with Crippen molar-refractivity contribution in [3.63, 3.8) is 0 Å². The van der Waals surface area contributed by atoms with E-state index in [1.807, 2.05) is 0 Å². The highest BCUT2D eigenvalue weighted by Gasteiger charge is 2.23. The molecule has 0 bridgehead atoms. The van der Waals surface area contributed by atoms with Crippen molar-refractivity contribution in [2.75, 3.05) is 17.1 Å². The fourth-order valence-corrected chi connectivity index (χ4v) is 3.44. The van der Waals surface area contributed by atoms with Crippen LogP contribution in [-0.4, -0.2) is 38.0 Å². The monoisotopic (exact) mass is 311 g/mol. The summed E-state index contributed by atoms with van der Waals surface area (Å²) in [7, 11) is -3.48. The zero-order chi connectivity index (χ0) is 15.3. The lowest BCUT2D eigenvalue weighted by Crippen LogP contribution is -2.25. The number of anilines is 1. The van der Waals surface area contributed by atoms with E-state index in [0.717, 1.165) is 18.9 Å². The largest absolute Gasteiger partial charge is 0.478 e. The van der Waals surface area contributed by atoms with Crippen LogP contribution in [-0.2, 0) is 19.6 Å². The van der Waals surface area contributed by atoms with E-state index >= 15 is 0 Å². The Bertz CT molecular complexity index is 633. The number of carbonyl (C=O) groups is 1. The number of ether oxygens (including phenoxy) is 1. The van der Waals surface area contributed by atoms with E-state index in [2.05, 4.69) is 4.72 Å². The summed E-state index contributed by atoms with van der Waals surface area (Å²) in [5.74, 6) is -1.12. The molecule has 1 aliphatic heterocycles. The van der Waals surface area contributed by atoms with Gasteiger partial charge in [-0.15, -0.1) is 0 Å². The first-order valence-corrected chi connectivity index (χ1v) is 8.23. The van der Waals surface area contributed by atoms with Crippen molar-refractivity contribution in [2.45, 2.75) is 18.9 Å². The van der Waals surface area contributed by atoms with Crippen LogP contribution in [0.4, 0.5) is 5.69 Å². The fraction of sp³-hybridized carbons (Fsp3) is 0.357. The Labute approximate surface area is 123 Å². The van der Waals surface area contributed by atoms with Gasteiger partial charge in [0, 0.05) is 18.4 Å². The lowest BCUT2D eigenvalue weighted by atomic mass is 10.2. The van der Waals surface area contributed by atoms with Gasteiger partial charge < -0.3 is 9.84 Å². The van der Waals surface area contributed by atoms with E-state index in [1.165, 1.54) is 6.08 Å². The second kappa shape index (κ2) is 6.73. The van der Waals surface area contributed by atoms with Crippen LogP contribution < -0.4 is 4.72 Å². The highest BCUT2D eigenvalue weighted by Crippen LogP contribution is 2.17. The molecule has 0 spiro atoms. The molecule has 2 N–H and O–H groups in total. The number of nitrogens with one attached hydrogen (secondary N) is 1. The second-order valence-electron chi connectivity index (χ2n) is 4.82. The minimum atomic E-state index is -3.48. The van der Waals surface area contributed by atoms with Gasteiger partial charge in [-0.25, -0.2) is 13.2 Å². The van der Waals surface area contributed by atoms with Crippen molar-refractivity contribution in [1.29, 1.82) is 0 Å². The molecule has 1 fully saturated rings. The van der Waals surface area contributed by atoms with Gasteiger partial charge in [-0.3, -0.25) is 4.72 Å². The van der Waals surface area contributed by atoms with Gasteiger partial charge in [0.2, 0.25) is 10.0 Å². The lowest BCUT2D eigenvalue weighted by Gasteiger charge is -2.12. The maximum absolute atomic E-state index is 12.0.